The standard InChI is InChI=1S/C13H16F3NO2/c1-2-19-12(18)11(10-6-4-3-5-7-10)17-9-8-13(14,15)16/h3-7,11,17H,2,8-9H2,1H3. The predicted molar refractivity (Wildman–Crippen MR) is 64.5 cm³/mol. The molecule has 0 saturated heterocycles. The molecule has 0 spiro atoms. The summed E-state index contributed by atoms with van der Waals surface area (Å²) in [5, 5.41) is 2.58. The van der Waals surface area contributed by atoms with Crippen molar-refractivity contribution < 1.29 is 22.7 Å². The van der Waals surface area contributed by atoms with E-state index in [0.29, 0.717) is 5.56 Å². The molecule has 0 aliphatic rings. The number of carbonyl (C=O) groups excluding carboxylic acids is 1. The van der Waals surface area contributed by atoms with Crippen molar-refractivity contribution in [1.82, 2.24) is 5.32 Å². The van der Waals surface area contributed by atoms with Gasteiger partial charge in [0, 0.05) is 6.54 Å². The zero-order valence-electron chi connectivity index (χ0n) is 10.5. The lowest BCUT2D eigenvalue weighted by Crippen LogP contribution is -2.32. The highest BCUT2D eigenvalue weighted by molar-refractivity contribution is 5.77. The van der Waals surface area contributed by atoms with Gasteiger partial charge in [-0.2, -0.15) is 13.2 Å². The summed E-state index contributed by atoms with van der Waals surface area (Å²) in [4.78, 5) is 11.7. The van der Waals surface area contributed by atoms with E-state index in [9.17, 15) is 18.0 Å². The molecule has 0 saturated carbocycles. The van der Waals surface area contributed by atoms with Gasteiger partial charge in [-0.15, -0.1) is 0 Å². The van der Waals surface area contributed by atoms with Gasteiger partial charge in [-0.05, 0) is 12.5 Å². The van der Waals surface area contributed by atoms with Crippen LogP contribution in [0.15, 0.2) is 30.3 Å². The molecule has 0 aromatic heterocycles. The van der Waals surface area contributed by atoms with E-state index in [0.717, 1.165) is 0 Å². The number of benzene rings is 1. The number of ether oxygens (including phenoxy) is 1. The van der Waals surface area contributed by atoms with E-state index in [4.69, 9.17) is 4.74 Å². The summed E-state index contributed by atoms with van der Waals surface area (Å²) in [6, 6.07) is 7.66. The van der Waals surface area contributed by atoms with Gasteiger partial charge in [0.15, 0.2) is 0 Å². The second-order valence-electron chi connectivity index (χ2n) is 3.92. The van der Waals surface area contributed by atoms with Crippen molar-refractivity contribution in [3.05, 3.63) is 35.9 Å². The summed E-state index contributed by atoms with van der Waals surface area (Å²) in [6.07, 6.45) is -5.24. The molecule has 1 rings (SSSR count). The van der Waals surface area contributed by atoms with Gasteiger partial charge in [-0.25, -0.2) is 4.79 Å². The quantitative estimate of drug-likeness (QED) is 0.811. The fraction of sp³-hybridized carbons (Fsp3) is 0.462. The third kappa shape index (κ3) is 5.74. The molecule has 1 unspecified atom stereocenters. The van der Waals surface area contributed by atoms with E-state index in [2.05, 4.69) is 5.32 Å². The van der Waals surface area contributed by atoms with Gasteiger partial charge in [0.1, 0.15) is 6.04 Å². The Balaban J connectivity index is 2.68. The second kappa shape index (κ2) is 7.13. The molecule has 0 heterocycles. The maximum absolute atomic E-state index is 12.1. The van der Waals surface area contributed by atoms with Gasteiger partial charge >= 0.3 is 12.1 Å². The Morgan fingerprint density at radius 2 is 1.95 bits per heavy atom. The van der Waals surface area contributed by atoms with E-state index < -0.39 is 24.6 Å². The molecule has 1 aromatic carbocycles. The van der Waals surface area contributed by atoms with Crippen LogP contribution in [-0.2, 0) is 9.53 Å². The molecule has 1 atom stereocenters. The van der Waals surface area contributed by atoms with Crippen molar-refractivity contribution in [3.8, 4) is 0 Å². The first kappa shape index (κ1) is 15.5. The van der Waals surface area contributed by atoms with Crippen molar-refractivity contribution in [2.24, 2.45) is 0 Å². The molecule has 106 valence electrons. The Morgan fingerprint density at radius 1 is 1.32 bits per heavy atom. The zero-order chi connectivity index (χ0) is 14.3. The van der Waals surface area contributed by atoms with Crippen LogP contribution < -0.4 is 5.32 Å². The van der Waals surface area contributed by atoms with Crippen LogP contribution in [0.2, 0.25) is 0 Å². The number of carbonyl (C=O) groups is 1. The number of esters is 1. The molecule has 3 nitrogen and oxygen atoms in total. The number of rotatable bonds is 6. The maximum atomic E-state index is 12.1. The average Bonchev–Trinajstić information content (AvgIpc) is 2.34. The smallest absolute Gasteiger partial charge is 0.390 e. The second-order valence-corrected chi connectivity index (χ2v) is 3.92. The Labute approximate surface area is 109 Å². The van der Waals surface area contributed by atoms with Crippen molar-refractivity contribution in [2.45, 2.75) is 25.6 Å². The van der Waals surface area contributed by atoms with Crippen molar-refractivity contribution in [2.75, 3.05) is 13.2 Å². The number of hydrogen-bond donors (Lipinski definition) is 1. The monoisotopic (exact) mass is 275 g/mol. The fourth-order valence-corrected chi connectivity index (χ4v) is 1.57. The first-order chi connectivity index (χ1) is 8.94. The number of alkyl halides is 3. The Hall–Kier alpha value is -1.56. The van der Waals surface area contributed by atoms with E-state index in [-0.39, 0.29) is 13.2 Å². The Kier molecular flexibility index (Phi) is 5.82. The van der Waals surface area contributed by atoms with Gasteiger partial charge in [-0.1, -0.05) is 30.3 Å². The normalized spacial score (nSPS) is 13.1. The average molecular weight is 275 g/mol. The molecular formula is C13H16F3NO2. The fourth-order valence-electron chi connectivity index (χ4n) is 1.57. The lowest BCUT2D eigenvalue weighted by atomic mass is 10.1. The minimum absolute atomic E-state index is 0.184. The molecule has 0 radical (unpaired) electrons. The summed E-state index contributed by atoms with van der Waals surface area (Å²) in [7, 11) is 0. The molecule has 0 aliphatic heterocycles. The molecule has 0 bridgehead atoms. The van der Waals surface area contributed by atoms with Crippen LogP contribution in [-0.4, -0.2) is 25.3 Å². The lowest BCUT2D eigenvalue weighted by molar-refractivity contribution is -0.147. The topological polar surface area (TPSA) is 38.3 Å². The van der Waals surface area contributed by atoms with Gasteiger partial charge in [0.05, 0.1) is 13.0 Å². The molecular weight excluding hydrogens is 259 g/mol. The third-order valence-electron chi connectivity index (χ3n) is 2.41. The van der Waals surface area contributed by atoms with Crippen LogP contribution in [0.3, 0.4) is 0 Å². The maximum Gasteiger partial charge on any atom is 0.390 e. The van der Waals surface area contributed by atoms with Crippen molar-refractivity contribution >= 4 is 5.97 Å². The van der Waals surface area contributed by atoms with E-state index >= 15 is 0 Å². The summed E-state index contributed by atoms with van der Waals surface area (Å²) in [5.41, 5.74) is 0.586. The predicted octanol–water partition coefficient (Wildman–Crippen LogP) is 2.83. The Morgan fingerprint density at radius 3 is 2.47 bits per heavy atom. The summed E-state index contributed by atoms with van der Waals surface area (Å²) in [6.45, 7) is 1.50. The molecule has 1 aromatic rings. The Bertz CT molecular complexity index is 393. The molecule has 0 fully saturated rings. The van der Waals surface area contributed by atoms with E-state index in [1.807, 2.05) is 0 Å². The molecule has 1 N–H and O–H groups in total. The van der Waals surface area contributed by atoms with Gasteiger partial charge in [-0.3, -0.25) is 0 Å². The zero-order valence-corrected chi connectivity index (χ0v) is 10.5. The highest BCUT2D eigenvalue weighted by Crippen LogP contribution is 2.20. The highest BCUT2D eigenvalue weighted by atomic mass is 19.4. The van der Waals surface area contributed by atoms with Crippen LogP contribution in [0.1, 0.15) is 24.9 Å². The van der Waals surface area contributed by atoms with E-state index in [1.54, 1.807) is 37.3 Å². The van der Waals surface area contributed by atoms with Crippen LogP contribution in [0.25, 0.3) is 0 Å². The van der Waals surface area contributed by atoms with Crippen molar-refractivity contribution in [3.63, 3.8) is 0 Å². The minimum atomic E-state index is -4.25. The number of halogens is 3. The first-order valence-corrected chi connectivity index (χ1v) is 5.95. The van der Waals surface area contributed by atoms with Crippen molar-refractivity contribution in [1.29, 1.82) is 0 Å². The lowest BCUT2D eigenvalue weighted by Gasteiger charge is -2.18. The first-order valence-electron chi connectivity index (χ1n) is 5.95. The van der Waals surface area contributed by atoms with E-state index in [1.165, 1.54) is 0 Å². The molecule has 0 aliphatic carbocycles. The third-order valence-corrected chi connectivity index (χ3v) is 2.41. The van der Waals surface area contributed by atoms with Crippen LogP contribution >= 0.6 is 0 Å². The number of hydrogen-bond acceptors (Lipinski definition) is 3. The summed E-state index contributed by atoms with van der Waals surface area (Å²) >= 11 is 0. The largest absolute Gasteiger partial charge is 0.465 e. The van der Waals surface area contributed by atoms with Crippen LogP contribution in [0, 0.1) is 0 Å². The van der Waals surface area contributed by atoms with Crippen LogP contribution in [0.4, 0.5) is 13.2 Å². The molecule has 6 heteroatoms. The summed E-state index contributed by atoms with van der Waals surface area (Å²) < 4.78 is 41.2. The molecule has 19 heavy (non-hydrogen) atoms. The summed E-state index contributed by atoms with van der Waals surface area (Å²) in [5.74, 6) is -0.573. The minimum Gasteiger partial charge on any atom is -0.465 e. The molecule has 0 amide bonds. The number of nitrogens with one attached hydrogen (secondary N) is 1. The van der Waals surface area contributed by atoms with Gasteiger partial charge in [0.25, 0.3) is 0 Å². The van der Waals surface area contributed by atoms with Gasteiger partial charge in [0.2, 0.25) is 0 Å². The van der Waals surface area contributed by atoms with Crippen LogP contribution in [0.5, 0.6) is 0 Å². The highest BCUT2D eigenvalue weighted by Gasteiger charge is 2.28. The SMILES string of the molecule is CCOC(=O)C(NCCC(F)(F)F)c1ccccc1. The van der Waals surface area contributed by atoms with Gasteiger partial charge < -0.3 is 10.1 Å².